The van der Waals surface area contributed by atoms with Crippen molar-refractivity contribution in [2.45, 2.75) is 302 Å². The molecule has 0 aromatic rings. The van der Waals surface area contributed by atoms with Crippen LogP contribution in [0.2, 0.25) is 0 Å². The third-order valence-corrected chi connectivity index (χ3v) is 14.4. The van der Waals surface area contributed by atoms with Crippen LogP contribution in [0.5, 0.6) is 0 Å². The van der Waals surface area contributed by atoms with Crippen molar-refractivity contribution in [3.63, 3.8) is 0 Å². The third kappa shape index (κ3) is 52.6. The van der Waals surface area contributed by atoms with Gasteiger partial charge >= 0.3 is 0 Å². The molecule has 0 heterocycles. The van der Waals surface area contributed by atoms with Crippen LogP contribution in [0.15, 0.2) is 24.3 Å². The molecule has 0 aromatic heterocycles. The van der Waals surface area contributed by atoms with Gasteiger partial charge in [-0.15, -0.1) is 0 Å². The number of likely N-dealkylation sites (N-methyl/N-ethyl adjacent to an activating group) is 1. The lowest BCUT2D eigenvalue weighted by Crippen LogP contribution is -2.46. The lowest BCUT2D eigenvalue weighted by atomic mass is 10.0. The molecule has 2 N–H and O–H groups in total. The van der Waals surface area contributed by atoms with E-state index in [0.717, 1.165) is 44.9 Å². The number of carbonyl (C=O) groups excluding carboxylic acids is 1. The van der Waals surface area contributed by atoms with Gasteiger partial charge in [0.15, 0.2) is 0 Å². The normalized spacial score (nSPS) is 14.1. The van der Waals surface area contributed by atoms with Gasteiger partial charge in [0.05, 0.1) is 39.9 Å². The van der Waals surface area contributed by atoms with Crippen LogP contribution in [-0.2, 0) is 18.4 Å². The van der Waals surface area contributed by atoms with Gasteiger partial charge in [-0.2, -0.15) is 0 Å². The first kappa shape index (κ1) is 66.0. The summed E-state index contributed by atoms with van der Waals surface area (Å²) >= 11 is 0. The van der Waals surface area contributed by atoms with Gasteiger partial charge in [0, 0.05) is 6.42 Å². The second-order valence-electron chi connectivity index (χ2n) is 21.4. The Balaban J connectivity index is 3.77. The molecule has 0 aliphatic heterocycles. The first-order valence-corrected chi connectivity index (χ1v) is 30.6. The molecule has 3 unspecified atom stereocenters. The Morgan fingerprint density at radius 1 is 0.522 bits per heavy atom. The van der Waals surface area contributed by atoms with Crippen LogP contribution in [0, 0.1) is 0 Å². The Labute approximate surface area is 417 Å². The van der Waals surface area contributed by atoms with Gasteiger partial charge in [-0.05, 0) is 44.9 Å². The molecule has 1 amide bonds. The molecule has 0 aliphatic carbocycles. The number of allylic oxidation sites excluding steroid dienone is 4. The van der Waals surface area contributed by atoms with E-state index in [0.29, 0.717) is 23.9 Å². The molecule has 0 saturated carbocycles. The number of phosphoric ester groups is 1. The quantitative estimate of drug-likeness (QED) is 0.0272. The van der Waals surface area contributed by atoms with Crippen molar-refractivity contribution in [1.82, 2.24) is 5.32 Å². The molecular weight excluding hydrogens is 852 g/mol. The van der Waals surface area contributed by atoms with Gasteiger partial charge in [0.2, 0.25) is 5.91 Å². The molecule has 0 radical (unpaired) electrons. The molecule has 0 spiro atoms. The van der Waals surface area contributed by atoms with E-state index >= 15 is 0 Å². The zero-order chi connectivity index (χ0) is 49.2. The lowest BCUT2D eigenvalue weighted by Gasteiger charge is -2.30. The highest BCUT2D eigenvalue weighted by molar-refractivity contribution is 7.45. The van der Waals surface area contributed by atoms with E-state index in [1.165, 1.54) is 218 Å². The fraction of sp³-hybridized carbons (Fsp3) is 0.914. The molecule has 3 atom stereocenters. The molecule has 8 nitrogen and oxygen atoms in total. The van der Waals surface area contributed by atoms with Gasteiger partial charge in [0.25, 0.3) is 7.82 Å². The minimum absolute atomic E-state index is 0.0144. The Morgan fingerprint density at radius 2 is 0.866 bits per heavy atom. The average Bonchev–Trinajstić information content (AvgIpc) is 3.29. The van der Waals surface area contributed by atoms with Gasteiger partial charge < -0.3 is 28.8 Å². The summed E-state index contributed by atoms with van der Waals surface area (Å²) in [6.07, 6.45) is 62.6. The maximum Gasteiger partial charge on any atom is 0.268 e. The molecule has 9 heteroatoms. The maximum atomic E-state index is 12.9. The number of hydrogen-bond acceptors (Lipinski definition) is 6. The summed E-state index contributed by atoms with van der Waals surface area (Å²) in [6.45, 7) is 4.70. The van der Waals surface area contributed by atoms with Crippen LogP contribution in [0.4, 0.5) is 0 Å². The van der Waals surface area contributed by atoms with Crippen molar-refractivity contribution >= 4 is 13.7 Å². The molecule has 0 bridgehead atoms. The zero-order valence-electron chi connectivity index (χ0n) is 45.4. The summed E-state index contributed by atoms with van der Waals surface area (Å²) in [5.74, 6) is -0.163. The van der Waals surface area contributed by atoms with Gasteiger partial charge in [-0.3, -0.25) is 9.36 Å². The third-order valence-electron chi connectivity index (χ3n) is 13.4. The van der Waals surface area contributed by atoms with Crippen molar-refractivity contribution in [1.29, 1.82) is 0 Å². The lowest BCUT2D eigenvalue weighted by molar-refractivity contribution is -0.870. The van der Waals surface area contributed by atoms with Crippen molar-refractivity contribution in [2.24, 2.45) is 0 Å². The van der Waals surface area contributed by atoms with Crippen molar-refractivity contribution in [2.75, 3.05) is 40.9 Å². The van der Waals surface area contributed by atoms with Crippen molar-refractivity contribution < 1.29 is 32.9 Å². The van der Waals surface area contributed by atoms with Crippen LogP contribution in [0.25, 0.3) is 0 Å². The van der Waals surface area contributed by atoms with E-state index in [2.05, 4.69) is 43.5 Å². The minimum atomic E-state index is -4.56. The molecule has 0 aliphatic rings. The summed E-state index contributed by atoms with van der Waals surface area (Å²) < 4.78 is 23.3. The highest BCUT2D eigenvalue weighted by Gasteiger charge is 2.24. The predicted octanol–water partition coefficient (Wildman–Crippen LogP) is 17.0. The summed E-state index contributed by atoms with van der Waals surface area (Å²) in [6, 6.07) is -0.794. The molecule has 398 valence electrons. The molecule has 0 rings (SSSR count). The molecule has 0 aromatic carbocycles. The van der Waals surface area contributed by atoms with Crippen LogP contribution < -0.4 is 10.2 Å². The van der Waals surface area contributed by atoms with Gasteiger partial charge in [0.1, 0.15) is 13.2 Å². The number of aliphatic hydroxyl groups is 1. The van der Waals surface area contributed by atoms with E-state index < -0.39 is 20.0 Å². The van der Waals surface area contributed by atoms with E-state index in [9.17, 15) is 19.4 Å². The number of carbonyl (C=O) groups is 1. The number of nitrogens with zero attached hydrogens (tertiary/aromatic N) is 1. The number of nitrogens with one attached hydrogen (secondary N) is 1. The van der Waals surface area contributed by atoms with Crippen LogP contribution in [-0.4, -0.2) is 68.5 Å². The molecule has 0 saturated heterocycles. The van der Waals surface area contributed by atoms with E-state index in [1.54, 1.807) is 0 Å². The Kier molecular flexibility index (Phi) is 49.2. The first-order valence-electron chi connectivity index (χ1n) is 29.2. The smallest absolute Gasteiger partial charge is 0.268 e. The maximum absolute atomic E-state index is 12.9. The van der Waals surface area contributed by atoms with E-state index in [1.807, 2.05) is 21.1 Å². The summed E-state index contributed by atoms with van der Waals surface area (Å²) in [5.41, 5.74) is 0. The van der Waals surface area contributed by atoms with Crippen LogP contribution in [0.3, 0.4) is 0 Å². The number of aliphatic hydroxyl groups excluding tert-OH is 1. The standard InChI is InChI=1S/C58H115N2O6P/c1-6-8-10-12-14-16-17-18-19-20-21-22-23-24-25-26-27-28-29-30-31-32-33-34-35-36-37-38-39-40-41-42-43-44-46-48-50-52-58(62)59-56(55-66-67(63,64)65-54-53-60(3,4)5)57(61)51-49-47-45-15-13-11-9-7-2/h17-18,20-21,56-57,61H,6-16,19,22-55H2,1-5H3,(H-,59,62,63,64)/b18-17-,21-20-. The Hall–Kier alpha value is -1.02. The number of amides is 1. The van der Waals surface area contributed by atoms with E-state index in [4.69, 9.17) is 9.05 Å². The summed E-state index contributed by atoms with van der Waals surface area (Å²) in [7, 11) is 1.31. The summed E-state index contributed by atoms with van der Waals surface area (Å²) in [5, 5.41) is 13.9. The fourth-order valence-corrected chi connectivity index (χ4v) is 9.56. The Morgan fingerprint density at radius 3 is 1.24 bits per heavy atom. The van der Waals surface area contributed by atoms with Gasteiger partial charge in [-0.1, -0.05) is 263 Å². The largest absolute Gasteiger partial charge is 0.756 e. The average molecular weight is 968 g/mol. The minimum Gasteiger partial charge on any atom is -0.756 e. The first-order chi connectivity index (χ1) is 32.5. The summed E-state index contributed by atoms with van der Waals surface area (Å²) in [4.78, 5) is 25.3. The number of rotatable bonds is 54. The van der Waals surface area contributed by atoms with E-state index in [-0.39, 0.29) is 19.1 Å². The molecule has 67 heavy (non-hydrogen) atoms. The number of quaternary nitrogens is 1. The Bertz CT molecular complexity index is 1140. The fourth-order valence-electron chi connectivity index (χ4n) is 8.84. The second-order valence-corrected chi connectivity index (χ2v) is 22.8. The second kappa shape index (κ2) is 49.9. The monoisotopic (exact) mass is 967 g/mol. The number of unbranched alkanes of at least 4 members (excludes halogenated alkanes) is 37. The number of hydrogen-bond donors (Lipinski definition) is 2. The molecule has 0 fully saturated rings. The highest BCUT2D eigenvalue weighted by Crippen LogP contribution is 2.38. The molecular formula is C58H115N2O6P. The topological polar surface area (TPSA) is 108 Å². The van der Waals surface area contributed by atoms with Gasteiger partial charge in [-0.25, -0.2) is 0 Å². The zero-order valence-corrected chi connectivity index (χ0v) is 46.3. The van der Waals surface area contributed by atoms with Crippen LogP contribution in [0.1, 0.15) is 290 Å². The number of phosphoric acid groups is 1. The SMILES string of the molecule is CCCCCCC/C=C\C/C=C\CCCCCCCCCCCCCCCCCCCCCCCCCCCC(=O)NC(COP(=O)([O-])OCC[N+](C)(C)C)C(O)CCCCCCCCCC. The van der Waals surface area contributed by atoms with Crippen molar-refractivity contribution in [3.8, 4) is 0 Å². The van der Waals surface area contributed by atoms with Crippen LogP contribution >= 0.6 is 7.82 Å². The highest BCUT2D eigenvalue weighted by atomic mass is 31.2. The van der Waals surface area contributed by atoms with Crippen molar-refractivity contribution in [3.05, 3.63) is 24.3 Å². The predicted molar refractivity (Wildman–Crippen MR) is 289 cm³/mol.